The zero-order chi connectivity index (χ0) is 18.9. The van der Waals surface area contributed by atoms with E-state index < -0.39 is 5.41 Å². The molecule has 3 fully saturated rings. The van der Waals surface area contributed by atoms with E-state index in [1.165, 1.54) is 0 Å². The van der Waals surface area contributed by atoms with Crippen molar-refractivity contribution in [3.8, 4) is 0 Å². The fourth-order valence-electron chi connectivity index (χ4n) is 4.05. The number of carbonyl (C=O) groups is 2. The number of hydrogen-bond donors (Lipinski definition) is 0. The highest BCUT2D eigenvalue weighted by Crippen LogP contribution is 2.50. The van der Waals surface area contributed by atoms with Crippen LogP contribution >= 0.6 is 11.6 Å². The molecule has 2 heterocycles. The molecule has 0 aromatic heterocycles. The van der Waals surface area contributed by atoms with Gasteiger partial charge in [0, 0.05) is 44.3 Å². The number of nitrogens with zero attached hydrogens (tertiary/aromatic N) is 3. The van der Waals surface area contributed by atoms with Crippen LogP contribution in [0.5, 0.6) is 0 Å². The molecule has 0 N–H and O–H groups in total. The molecule has 0 bridgehead atoms. The summed E-state index contributed by atoms with van der Waals surface area (Å²) < 4.78 is 5.33. The van der Waals surface area contributed by atoms with Crippen molar-refractivity contribution in [3.63, 3.8) is 0 Å². The summed E-state index contributed by atoms with van der Waals surface area (Å²) in [4.78, 5) is 31.6. The van der Waals surface area contributed by atoms with Gasteiger partial charge in [0.25, 0.3) is 0 Å². The highest BCUT2D eigenvalue weighted by molar-refractivity contribution is 6.30. The Balaban J connectivity index is 1.32. The maximum atomic E-state index is 13.1. The average molecular weight is 392 g/mol. The maximum absolute atomic E-state index is 13.1. The topological polar surface area (TPSA) is 53.1 Å². The zero-order valence-corrected chi connectivity index (χ0v) is 16.3. The molecule has 2 saturated heterocycles. The molecule has 146 valence electrons. The van der Waals surface area contributed by atoms with Gasteiger partial charge in [-0.2, -0.15) is 0 Å². The van der Waals surface area contributed by atoms with E-state index >= 15 is 0 Å². The van der Waals surface area contributed by atoms with Crippen LogP contribution < -0.4 is 0 Å². The molecule has 2 amide bonds. The lowest BCUT2D eigenvalue weighted by Gasteiger charge is -2.38. The molecule has 3 aliphatic rings. The van der Waals surface area contributed by atoms with Crippen molar-refractivity contribution in [1.82, 2.24) is 14.7 Å². The van der Waals surface area contributed by atoms with E-state index in [0.29, 0.717) is 51.0 Å². The Bertz CT molecular complexity index is 708. The number of carbonyl (C=O) groups excluding carboxylic acids is 2. The molecule has 1 aromatic carbocycles. The molecule has 6 nitrogen and oxygen atoms in total. The van der Waals surface area contributed by atoms with Gasteiger partial charge >= 0.3 is 0 Å². The Morgan fingerprint density at radius 3 is 2.30 bits per heavy atom. The summed E-state index contributed by atoms with van der Waals surface area (Å²) in [7, 11) is 0. The minimum Gasteiger partial charge on any atom is -0.379 e. The van der Waals surface area contributed by atoms with Crippen LogP contribution in [-0.2, 0) is 19.7 Å². The van der Waals surface area contributed by atoms with E-state index in [4.69, 9.17) is 16.3 Å². The molecule has 1 saturated carbocycles. The first-order valence-electron chi connectivity index (χ1n) is 9.72. The second-order valence-electron chi connectivity index (χ2n) is 7.65. The second-order valence-corrected chi connectivity index (χ2v) is 8.09. The van der Waals surface area contributed by atoms with Gasteiger partial charge in [0.05, 0.1) is 25.2 Å². The molecular weight excluding hydrogens is 366 g/mol. The maximum Gasteiger partial charge on any atom is 0.236 e. The second kappa shape index (κ2) is 7.78. The van der Waals surface area contributed by atoms with E-state index in [2.05, 4.69) is 4.90 Å². The van der Waals surface area contributed by atoms with Crippen molar-refractivity contribution in [2.45, 2.75) is 18.3 Å². The molecule has 2 aliphatic heterocycles. The molecule has 0 spiro atoms. The van der Waals surface area contributed by atoms with Crippen LogP contribution in [0.1, 0.15) is 18.4 Å². The summed E-state index contributed by atoms with van der Waals surface area (Å²) in [5.74, 6) is 0.338. The SMILES string of the molecule is O=C(CN1CCOCC1)N1CCN(C(=O)C2(c3cccc(Cl)c3)CC2)CC1. The Kier molecular flexibility index (Phi) is 5.39. The van der Waals surface area contributed by atoms with Gasteiger partial charge in [0.2, 0.25) is 11.8 Å². The van der Waals surface area contributed by atoms with Gasteiger partial charge in [-0.15, -0.1) is 0 Å². The molecule has 0 unspecified atom stereocenters. The first-order valence-corrected chi connectivity index (χ1v) is 10.1. The van der Waals surface area contributed by atoms with E-state index in [1.807, 2.05) is 34.1 Å². The number of rotatable bonds is 4. The van der Waals surface area contributed by atoms with Crippen molar-refractivity contribution in [3.05, 3.63) is 34.9 Å². The summed E-state index contributed by atoms with van der Waals surface area (Å²) in [5.41, 5.74) is 0.621. The molecule has 1 aliphatic carbocycles. The number of benzene rings is 1. The van der Waals surface area contributed by atoms with Crippen LogP contribution in [0.4, 0.5) is 0 Å². The molecule has 1 aromatic rings. The summed E-state index contributed by atoms with van der Waals surface area (Å²) in [6.07, 6.45) is 1.75. The van der Waals surface area contributed by atoms with Gasteiger partial charge in [-0.25, -0.2) is 0 Å². The van der Waals surface area contributed by atoms with Crippen LogP contribution in [-0.4, -0.2) is 85.5 Å². The van der Waals surface area contributed by atoms with Gasteiger partial charge in [0.15, 0.2) is 0 Å². The van der Waals surface area contributed by atoms with Crippen LogP contribution in [0.2, 0.25) is 5.02 Å². The van der Waals surface area contributed by atoms with Crippen molar-refractivity contribution < 1.29 is 14.3 Å². The predicted octanol–water partition coefficient (Wildman–Crippen LogP) is 1.37. The molecule has 27 heavy (non-hydrogen) atoms. The van der Waals surface area contributed by atoms with Crippen LogP contribution in [0, 0.1) is 0 Å². The number of piperazine rings is 1. The molecule has 0 atom stereocenters. The van der Waals surface area contributed by atoms with Crippen molar-refractivity contribution in [2.24, 2.45) is 0 Å². The average Bonchev–Trinajstić information content (AvgIpc) is 3.50. The van der Waals surface area contributed by atoms with Gasteiger partial charge in [-0.3, -0.25) is 14.5 Å². The Morgan fingerprint density at radius 2 is 1.67 bits per heavy atom. The van der Waals surface area contributed by atoms with E-state index in [9.17, 15) is 9.59 Å². The molecule has 0 radical (unpaired) electrons. The van der Waals surface area contributed by atoms with Crippen molar-refractivity contribution in [1.29, 1.82) is 0 Å². The monoisotopic (exact) mass is 391 g/mol. The summed E-state index contributed by atoms with van der Waals surface area (Å²) in [5, 5.41) is 0.671. The lowest BCUT2D eigenvalue weighted by molar-refractivity contribution is -0.142. The van der Waals surface area contributed by atoms with Crippen LogP contribution in [0.15, 0.2) is 24.3 Å². The highest BCUT2D eigenvalue weighted by atomic mass is 35.5. The number of amides is 2. The van der Waals surface area contributed by atoms with Crippen molar-refractivity contribution in [2.75, 3.05) is 59.0 Å². The van der Waals surface area contributed by atoms with Gasteiger partial charge in [-0.05, 0) is 30.5 Å². The van der Waals surface area contributed by atoms with Gasteiger partial charge in [0.1, 0.15) is 0 Å². The minimum absolute atomic E-state index is 0.153. The highest BCUT2D eigenvalue weighted by Gasteiger charge is 2.53. The van der Waals surface area contributed by atoms with Gasteiger partial charge in [-0.1, -0.05) is 23.7 Å². The summed E-state index contributed by atoms with van der Waals surface area (Å²) >= 11 is 6.12. The number of hydrogen-bond acceptors (Lipinski definition) is 4. The van der Waals surface area contributed by atoms with E-state index in [-0.39, 0.29) is 11.8 Å². The van der Waals surface area contributed by atoms with Gasteiger partial charge < -0.3 is 14.5 Å². The zero-order valence-electron chi connectivity index (χ0n) is 15.5. The minimum atomic E-state index is -0.398. The Labute approximate surface area is 165 Å². The van der Waals surface area contributed by atoms with E-state index in [0.717, 1.165) is 31.5 Å². The molecule has 4 rings (SSSR count). The standard InChI is InChI=1S/C20H26ClN3O3/c21-17-3-1-2-16(14-17)20(4-5-20)19(26)24-8-6-23(7-9-24)18(25)15-22-10-12-27-13-11-22/h1-3,14H,4-13,15H2. The van der Waals surface area contributed by atoms with E-state index in [1.54, 1.807) is 0 Å². The first kappa shape index (κ1) is 18.7. The number of ether oxygens (including phenoxy) is 1. The summed E-state index contributed by atoms with van der Waals surface area (Å²) in [6, 6.07) is 7.66. The van der Waals surface area contributed by atoms with Crippen molar-refractivity contribution >= 4 is 23.4 Å². The van der Waals surface area contributed by atoms with Crippen LogP contribution in [0.3, 0.4) is 0 Å². The number of morpholine rings is 1. The predicted molar refractivity (Wildman–Crippen MR) is 103 cm³/mol. The molecular formula is C20H26ClN3O3. The lowest BCUT2D eigenvalue weighted by atomic mass is 9.94. The van der Waals surface area contributed by atoms with Crippen LogP contribution in [0.25, 0.3) is 0 Å². The Morgan fingerprint density at radius 1 is 1.00 bits per heavy atom. The third-order valence-electron chi connectivity index (χ3n) is 5.92. The normalized spacial score (nSPS) is 22.6. The first-order chi connectivity index (χ1) is 13.1. The lowest BCUT2D eigenvalue weighted by Crippen LogP contribution is -2.55. The fourth-order valence-corrected chi connectivity index (χ4v) is 4.24. The summed E-state index contributed by atoms with van der Waals surface area (Å²) in [6.45, 7) is 5.90. The Hall–Kier alpha value is -1.63. The third kappa shape index (κ3) is 3.98. The largest absolute Gasteiger partial charge is 0.379 e. The molecule has 7 heteroatoms. The fraction of sp³-hybridized carbons (Fsp3) is 0.600. The number of halogens is 1. The quantitative estimate of drug-likeness (QED) is 0.778. The third-order valence-corrected chi connectivity index (χ3v) is 6.15. The smallest absolute Gasteiger partial charge is 0.236 e.